The molecule has 160 valence electrons. The van der Waals surface area contributed by atoms with Crippen molar-refractivity contribution in [3.63, 3.8) is 0 Å². The van der Waals surface area contributed by atoms with Gasteiger partial charge in [-0.15, -0.1) is 0 Å². The van der Waals surface area contributed by atoms with Gasteiger partial charge < -0.3 is 19.7 Å². The molecule has 0 radical (unpaired) electrons. The Morgan fingerprint density at radius 1 is 1.07 bits per heavy atom. The zero-order valence-corrected chi connectivity index (χ0v) is 17.2. The van der Waals surface area contributed by atoms with Crippen LogP contribution in [0.1, 0.15) is 37.7 Å². The molecule has 2 heterocycles. The number of ether oxygens (including phenoxy) is 1. The number of hydrogen-bond acceptors (Lipinski definition) is 5. The van der Waals surface area contributed by atoms with Gasteiger partial charge in [-0.05, 0) is 55.2 Å². The van der Waals surface area contributed by atoms with Gasteiger partial charge in [0.15, 0.2) is 5.84 Å². The van der Waals surface area contributed by atoms with E-state index in [2.05, 4.69) is 15.0 Å². The van der Waals surface area contributed by atoms with E-state index in [0.717, 1.165) is 18.8 Å². The van der Waals surface area contributed by atoms with Gasteiger partial charge in [-0.3, -0.25) is 0 Å². The molecule has 1 aliphatic heterocycles. The zero-order chi connectivity index (χ0) is 20.8. The average Bonchev–Trinajstić information content (AvgIpc) is 2.81. The van der Waals surface area contributed by atoms with Crippen molar-refractivity contribution >= 4 is 11.5 Å². The Hall–Kier alpha value is -2.83. The maximum Gasteiger partial charge on any atom is 0.224 e. The van der Waals surface area contributed by atoms with Crippen LogP contribution in [0.5, 0.6) is 5.88 Å². The molecule has 1 saturated heterocycles. The molecular weight excluding hydrogens is 383 g/mol. The first-order chi connectivity index (χ1) is 14.7. The molecule has 1 N–H and O–H groups in total. The molecule has 0 bridgehead atoms. The van der Waals surface area contributed by atoms with E-state index >= 15 is 0 Å². The smallest absolute Gasteiger partial charge is 0.224 e. The molecule has 0 amide bonds. The van der Waals surface area contributed by atoms with E-state index in [1.54, 1.807) is 18.3 Å². The summed E-state index contributed by atoms with van der Waals surface area (Å²) >= 11 is 0. The summed E-state index contributed by atoms with van der Waals surface area (Å²) in [5.41, 5.74) is 1.71. The molecule has 6 nitrogen and oxygen atoms in total. The minimum atomic E-state index is -0.232. The van der Waals surface area contributed by atoms with Crippen molar-refractivity contribution in [2.24, 2.45) is 11.1 Å². The van der Waals surface area contributed by atoms with Crippen LogP contribution in [-0.2, 0) is 0 Å². The van der Waals surface area contributed by atoms with Crippen LogP contribution in [0.4, 0.5) is 10.1 Å². The van der Waals surface area contributed by atoms with Crippen molar-refractivity contribution < 1.29 is 14.3 Å². The molecule has 1 saturated carbocycles. The fraction of sp³-hybridized carbons (Fsp3) is 0.478. The third-order valence-electron chi connectivity index (χ3n) is 6.06. The fourth-order valence-corrected chi connectivity index (χ4v) is 4.34. The monoisotopic (exact) mass is 412 g/mol. The fourth-order valence-electron chi connectivity index (χ4n) is 4.34. The van der Waals surface area contributed by atoms with Crippen molar-refractivity contribution in [1.82, 2.24) is 9.88 Å². The number of aromatic nitrogens is 1. The van der Waals surface area contributed by atoms with Crippen molar-refractivity contribution in [3.05, 3.63) is 54.0 Å². The molecule has 0 unspecified atom stereocenters. The summed E-state index contributed by atoms with van der Waals surface area (Å²) in [7, 11) is 0. The molecule has 1 aromatic carbocycles. The standard InChI is InChI=1S/C23H29FN4O2/c24-19-8-10-20(11-9-19)27-13-15-28(16-14-27)22(26-29)21-7-4-12-25-23(21)30-17-18-5-2-1-3-6-18/h4,7-12,18,29H,1-3,5-6,13-17H2/b26-22-. The number of rotatable bonds is 5. The quantitative estimate of drug-likeness (QED) is 0.346. The van der Waals surface area contributed by atoms with Gasteiger partial charge >= 0.3 is 0 Å². The Balaban J connectivity index is 1.41. The molecule has 2 fully saturated rings. The molecule has 1 aliphatic carbocycles. The van der Waals surface area contributed by atoms with E-state index < -0.39 is 0 Å². The van der Waals surface area contributed by atoms with Gasteiger partial charge in [0.2, 0.25) is 5.88 Å². The van der Waals surface area contributed by atoms with Gasteiger partial charge in [-0.25, -0.2) is 9.37 Å². The van der Waals surface area contributed by atoms with E-state index in [0.29, 0.717) is 42.9 Å². The van der Waals surface area contributed by atoms with Crippen LogP contribution in [0.2, 0.25) is 0 Å². The summed E-state index contributed by atoms with van der Waals surface area (Å²) in [6, 6.07) is 10.3. The third kappa shape index (κ3) is 4.83. The SMILES string of the molecule is O/N=C(/c1cccnc1OCC1CCCCC1)N1CCN(c2ccc(F)cc2)CC1. The maximum absolute atomic E-state index is 13.2. The summed E-state index contributed by atoms with van der Waals surface area (Å²) in [5.74, 6) is 1.35. The second-order valence-electron chi connectivity index (χ2n) is 8.05. The zero-order valence-electron chi connectivity index (χ0n) is 17.2. The second-order valence-corrected chi connectivity index (χ2v) is 8.05. The van der Waals surface area contributed by atoms with Crippen LogP contribution in [0.25, 0.3) is 0 Å². The van der Waals surface area contributed by atoms with E-state index in [9.17, 15) is 9.60 Å². The van der Waals surface area contributed by atoms with E-state index in [1.165, 1.54) is 44.2 Å². The Morgan fingerprint density at radius 2 is 1.80 bits per heavy atom. The van der Waals surface area contributed by atoms with Crippen molar-refractivity contribution in [2.75, 3.05) is 37.7 Å². The van der Waals surface area contributed by atoms with Gasteiger partial charge in [0.05, 0.1) is 12.2 Å². The average molecular weight is 413 g/mol. The topological polar surface area (TPSA) is 61.2 Å². The lowest BCUT2D eigenvalue weighted by molar-refractivity contribution is 0.202. The van der Waals surface area contributed by atoms with Crippen molar-refractivity contribution in [3.8, 4) is 5.88 Å². The Bertz CT molecular complexity index is 845. The minimum Gasteiger partial charge on any atom is -0.477 e. The van der Waals surface area contributed by atoms with Crippen LogP contribution in [0, 0.1) is 11.7 Å². The Labute approximate surface area is 177 Å². The minimum absolute atomic E-state index is 0.232. The number of piperazine rings is 1. The van der Waals surface area contributed by atoms with Gasteiger partial charge in [-0.1, -0.05) is 24.4 Å². The van der Waals surface area contributed by atoms with Crippen molar-refractivity contribution in [2.45, 2.75) is 32.1 Å². The summed E-state index contributed by atoms with van der Waals surface area (Å²) < 4.78 is 19.3. The summed E-state index contributed by atoms with van der Waals surface area (Å²) in [5, 5.41) is 13.4. The van der Waals surface area contributed by atoms with Crippen LogP contribution >= 0.6 is 0 Å². The Kier molecular flexibility index (Phi) is 6.67. The lowest BCUT2D eigenvalue weighted by atomic mass is 9.90. The number of hydrogen-bond donors (Lipinski definition) is 1. The molecule has 0 atom stereocenters. The highest BCUT2D eigenvalue weighted by Gasteiger charge is 2.25. The third-order valence-corrected chi connectivity index (χ3v) is 6.06. The number of oxime groups is 1. The molecule has 7 heteroatoms. The van der Waals surface area contributed by atoms with Crippen LogP contribution in [0.15, 0.2) is 47.8 Å². The molecule has 4 rings (SSSR count). The molecule has 30 heavy (non-hydrogen) atoms. The number of halogens is 1. The van der Waals surface area contributed by atoms with Crippen molar-refractivity contribution in [1.29, 1.82) is 0 Å². The number of benzene rings is 1. The second kappa shape index (κ2) is 9.78. The van der Waals surface area contributed by atoms with E-state index in [-0.39, 0.29) is 5.82 Å². The summed E-state index contributed by atoms with van der Waals surface area (Å²) in [6.07, 6.45) is 7.97. The van der Waals surface area contributed by atoms with Gasteiger partial charge in [0.25, 0.3) is 0 Å². The first-order valence-electron chi connectivity index (χ1n) is 10.8. The summed E-state index contributed by atoms with van der Waals surface area (Å²) in [6.45, 7) is 3.54. The van der Waals surface area contributed by atoms with Gasteiger partial charge in [0.1, 0.15) is 5.82 Å². The Morgan fingerprint density at radius 3 is 2.50 bits per heavy atom. The number of pyridine rings is 1. The first kappa shape index (κ1) is 20.4. The lowest BCUT2D eigenvalue weighted by Crippen LogP contribution is -2.49. The molecule has 2 aromatic rings. The summed E-state index contributed by atoms with van der Waals surface area (Å²) in [4.78, 5) is 8.66. The normalized spacial score (nSPS) is 18.5. The molecule has 0 spiro atoms. The molecule has 1 aromatic heterocycles. The molecular formula is C23H29FN4O2. The van der Waals surface area contributed by atoms with Crippen LogP contribution < -0.4 is 9.64 Å². The van der Waals surface area contributed by atoms with Crippen LogP contribution in [-0.4, -0.2) is 53.7 Å². The predicted molar refractivity (Wildman–Crippen MR) is 115 cm³/mol. The van der Waals surface area contributed by atoms with E-state index in [1.807, 2.05) is 17.0 Å². The van der Waals surface area contributed by atoms with Crippen LogP contribution in [0.3, 0.4) is 0 Å². The van der Waals surface area contributed by atoms with Gasteiger partial charge in [0, 0.05) is 38.1 Å². The van der Waals surface area contributed by atoms with E-state index in [4.69, 9.17) is 4.74 Å². The first-order valence-corrected chi connectivity index (χ1v) is 10.8. The number of anilines is 1. The highest BCUT2D eigenvalue weighted by molar-refractivity contribution is 6.00. The maximum atomic E-state index is 13.2. The predicted octanol–water partition coefficient (Wildman–Crippen LogP) is 4.14. The lowest BCUT2D eigenvalue weighted by Gasteiger charge is -2.37. The molecule has 2 aliphatic rings. The highest BCUT2D eigenvalue weighted by Crippen LogP contribution is 2.26. The number of amidine groups is 1. The highest BCUT2D eigenvalue weighted by atomic mass is 19.1. The van der Waals surface area contributed by atoms with Gasteiger partial charge in [-0.2, -0.15) is 0 Å². The largest absolute Gasteiger partial charge is 0.477 e. The number of nitrogens with zero attached hydrogens (tertiary/aromatic N) is 4.